The lowest BCUT2D eigenvalue weighted by atomic mass is 10.0. The van der Waals surface area contributed by atoms with Crippen LogP contribution in [0.1, 0.15) is 39.5 Å². The van der Waals surface area contributed by atoms with Crippen molar-refractivity contribution in [3.8, 4) is 0 Å². The summed E-state index contributed by atoms with van der Waals surface area (Å²) in [5.74, 6) is -0.0283. The number of hydrogen-bond donors (Lipinski definition) is 2. The molecule has 1 aliphatic carbocycles. The molecule has 3 N–H and O–H groups in total. The van der Waals surface area contributed by atoms with Gasteiger partial charge in [-0.1, -0.05) is 12.8 Å². The van der Waals surface area contributed by atoms with Gasteiger partial charge in [-0.25, -0.2) is 0 Å². The van der Waals surface area contributed by atoms with Crippen molar-refractivity contribution in [3.05, 3.63) is 0 Å². The summed E-state index contributed by atoms with van der Waals surface area (Å²) in [6.45, 7) is 3.81. The van der Waals surface area contributed by atoms with Crippen LogP contribution >= 0.6 is 0 Å². The third-order valence-electron chi connectivity index (χ3n) is 2.55. The molecule has 0 aliphatic heterocycles. The van der Waals surface area contributed by atoms with Gasteiger partial charge in [-0.2, -0.15) is 0 Å². The number of nitrogens with two attached hydrogens (primary N) is 1. The van der Waals surface area contributed by atoms with Crippen molar-refractivity contribution in [3.63, 3.8) is 0 Å². The Bertz CT molecular complexity index is 171. The van der Waals surface area contributed by atoms with E-state index in [9.17, 15) is 4.79 Å². The SMILES string of the molecule is CC(N)C(=O)NC1(C)CCCC1. The second kappa shape index (κ2) is 3.44. The summed E-state index contributed by atoms with van der Waals surface area (Å²) in [6.07, 6.45) is 4.61. The molecule has 1 aliphatic rings. The van der Waals surface area contributed by atoms with Crippen LogP contribution in [-0.2, 0) is 4.79 Å². The van der Waals surface area contributed by atoms with Gasteiger partial charge in [0.05, 0.1) is 6.04 Å². The van der Waals surface area contributed by atoms with Gasteiger partial charge < -0.3 is 11.1 Å². The number of carbonyl (C=O) groups excluding carboxylic acids is 1. The van der Waals surface area contributed by atoms with Crippen LogP contribution in [0.25, 0.3) is 0 Å². The molecule has 0 bridgehead atoms. The summed E-state index contributed by atoms with van der Waals surface area (Å²) in [7, 11) is 0. The molecule has 0 saturated heterocycles. The summed E-state index contributed by atoms with van der Waals surface area (Å²) in [5.41, 5.74) is 5.48. The Morgan fingerprint density at radius 2 is 2.00 bits per heavy atom. The molecule has 1 amide bonds. The smallest absolute Gasteiger partial charge is 0.237 e. The van der Waals surface area contributed by atoms with Gasteiger partial charge >= 0.3 is 0 Å². The summed E-state index contributed by atoms with van der Waals surface area (Å²) in [4.78, 5) is 11.3. The predicted molar refractivity (Wildman–Crippen MR) is 48.7 cm³/mol. The minimum atomic E-state index is -0.387. The fraction of sp³-hybridized carbons (Fsp3) is 0.889. The van der Waals surface area contributed by atoms with Gasteiger partial charge in [0.1, 0.15) is 0 Å². The normalized spacial score (nSPS) is 23.6. The van der Waals surface area contributed by atoms with Crippen LogP contribution in [0.2, 0.25) is 0 Å². The molecule has 3 nitrogen and oxygen atoms in total. The molecule has 1 rings (SSSR count). The van der Waals surface area contributed by atoms with E-state index in [1.54, 1.807) is 6.92 Å². The lowest BCUT2D eigenvalue weighted by molar-refractivity contribution is -0.123. The van der Waals surface area contributed by atoms with Gasteiger partial charge in [0.2, 0.25) is 5.91 Å². The molecule has 0 aromatic rings. The molecule has 0 heterocycles. The highest BCUT2D eigenvalue weighted by atomic mass is 16.2. The third kappa shape index (κ3) is 2.21. The van der Waals surface area contributed by atoms with Crippen molar-refractivity contribution < 1.29 is 4.79 Å². The van der Waals surface area contributed by atoms with E-state index in [1.807, 2.05) is 0 Å². The quantitative estimate of drug-likeness (QED) is 0.643. The molecule has 1 saturated carbocycles. The van der Waals surface area contributed by atoms with Crippen LogP contribution in [-0.4, -0.2) is 17.5 Å². The maximum atomic E-state index is 11.3. The Labute approximate surface area is 73.7 Å². The highest BCUT2D eigenvalue weighted by molar-refractivity contribution is 5.81. The highest BCUT2D eigenvalue weighted by Crippen LogP contribution is 2.28. The summed E-state index contributed by atoms with van der Waals surface area (Å²) in [6, 6.07) is -0.387. The van der Waals surface area contributed by atoms with E-state index in [2.05, 4.69) is 12.2 Å². The van der Waals surface area contributed by atoms with Crippen molar-refractivity contribution in [2.45, 2.75) is 51.1 Å². The Hall–Kier alpha value is -0.570. The molecule has 70 valence electrons. The monoisotopic (exact) mass is 170 g/mol. The van der Waals surface area contributed by atoms with Crippen LogP contribution < -0.4 is 11.1 Å². The Kier molecular flexibility index (Phi) is 2.73. The first-order chi connectivity index (χ1) is 5.53. The van der Waals surface area contributed by atoms with Gasteiger partial charge in [-0.3, -0.25) is 4.79 Å². The molecule has 1 unspecified atom stereocenters. The molecule has 0 aromatic heterocycles. The van der Waals surface area contributed by atoms with Crippen molar-refractivity contribution in [2.24, 2.45) is 5.73 Å². The van der Waals surface area contributed by atoms with Crippen LogP contribution in [0.4, 0.5) is 0 Å². The van der Waals surface area contributed by atoms with Crippen LogP contribution in [0, 0.1) is 0 Å². The lowest BCUT2D eigenvalue weighted by Crippen LogP contribution is -2.49. The van der Waals surface area contributed by atoms with Gasteiger partial charge in [-0.15, -0.1) is 0 Å². The first-order valence-corrected chi connectivity index (χ1v) is 4.61. The van der Waals surface area contributed by atoms with E-state index in [-0.39, 0.29) is 17.5 Å². The maximum Gasteiger partial charge on any atom is 0.237 e. The molecular formula is C9H18N2O. The van der Waals surface area contributed by atoms with Gasteiger partial charge in [0.25, 0.3) is 0 Å². The average Bonchev–Trinajstić information content (AvgIpc) is 2.35. The van der Waals surface area contributed by atoms with E-state index in [0.717, 1.165) is 12.8 Å². The maximum absolute atomic E-state index is 11.3. The standard InChI is InChI=1S/C9H18N2O/c1-7(10)8(12)11-9(2)5-3-4-6-9/h7H,3-6,10H2,1-2H3,(H,11,12). The molecule has 0 spiro atoms. The number of carbonyl (C=O) groups is 1. The van der Waals surface area contributed by atoms with E-state index in [4.69, 9.17) is 5.73 Å². The first kappa shape index (κ1) is 9.52. The number of rotatable bonds is 2. The fourth-order valence-corrected chi connectivity index (χ4v) is 1.69. The van der Waals surface area contributed by atoms with Crippen LogP contribution in [0.3, 0.4) is 0 Å². The third-order valence-corrected chi connectivity index (χ3v) is 2.55. The van der Waals surface area contributed by atoms with Gasteiger partial charge in [0.15, 0.2) is 0 Å². The zero-order valence-corrected chi connectivity index (χ0v) is 7.89. The van der Waals surface area contributed by atoms with E-state index < -0.39 is 0 Å². The van der Waals surface area contributed by atoms with Crippen molar-refractivity contribution in [2.75, 3.05) is 0 Å². The van der Waals surface area contributed by atoms with E-state index in [0.29, 0.717) is 0 Å². The summed E-state index contributed by atoms with van der Waals surface area (Å²) < 4.78 is 0. The summed E-state index contributed by atoms with van der Waals surface area (Å²) >= 11 is 0. The zero-order valence-electron chi connectivity index (χ0n) is 7.89. The Morgan fingerprint density at radius 3 is 2.42 bits per heavy atom. The molecule has 0 aromatic carbocycles. The topological polar surface area (TPSA) is 55.1 Å². The number of hydrogen-bond acceptors (Lipinski definition) is 2. The fourth-order valence-electron chi connectivity index (χ4n) is 1.69. The zero-order chi connectivity index (χ0) is 9.19. The van der Waals surface area contributed by atoms with E-state index in [1.165, 1.54) is 12.8 Å². The minimum Gasteiger partial charge on any atom is -0.350 e. The lowest BCUT2D eigenvalue weighted by Gasteiger charge is -2.26. The molecule has 1 fully saturated rings. The minimum absolute atomic E-state index is 0.0186. The molecule has 3 heteroatoms. The van der Waals surface area contributed by atoms with Gasteiger partial charge in [0, 0.05) is 5.54 Å². The molecular weight excluding hydrogens is 152 g/mol. The number of amides is 1. The molecule has 1 atom stereocenters. The second-order valence-corrected chi connectivity index (χ2v) is 4.05. The first-order valence-electron chi connectivity index (χ1n) is 4.61. The van der Waals surface area contributed by atoms with Crippen molar-refractivity contribution in [1.29, 1.82) is 0 Å². The van der Waals surface area contributed by atoms with Crippen LogP contribution in [0.15, 0.2) is 0 Å². The number of nitrogens with one attached hydrogen (secondary N) is 1. The predicted octanol–water partition coefficient (Wildman–Crippen LogP) is 0.782. The Balaban J connectivity index is 2.44. The Morgan fingerprint density at radius 1 is 1.50 bits per heavy atom. The van der Waals surface area contributed by atoms with E-state index >= 15 is 0 Å². The van der Waals surface area contributed by atoms with Gasteiger partial charge in [-0.05, 0) is 26.7 Å². The highest BCUT2D eigenvalue weighted by Gasteiger charge is 2.30. The summed E-state index contributed by atoms with van der Waals surface area (Å²) in [5, 5.41) is 2.99. The van der Waals surface area contributed by atoms with Crippen molar-refractivity contribution in [1.82, 2.24) is 5.32 Å². The second-order valence-electron chi connectivity index (χ2n) is 4.05. The molecule has 12 heavy (non-hydrogen) atoms. The molecule has 0 radical (unpaired) electrons. The largest absolute Gasteiger partial charge is 0.350 e. The van der Waals surface area contributed by atoms with Crippen molar-refractivity contribution >= 4 is 5.91 Å². The average molecular weight is 170 g/mol. The van der Waals surface area contributed by atoms with Crippen LogP contribution in [0.5, 0.6) is 0 Å².